The minimum Gasteiger partial charge on any atom is -0.381 e. The molecule has 1 aliphatic rings. The lowest BCUT2D eigenvalue weighted by Crippen LogP contribution is -2.45. The quantitative estimate of drug-likeness (QED) is 0.892. The summed E-state index contributed by atoms with van der Waals surface area (Å²) >= 11 is 0. The molecule has 5 nitrogen and oxygen atoms in total. The Bertz CT molecular complexity index is 674. The van der Waals surface area contributed by atoms with Crippen LogP contribution in [0.15, 0.2) is 24.5 Å². The molecule has 0 bridgehead atoms. The van der Waals surface area contributed by atoms with Crippen LogP contribution in [0.2, 0.25) is 0 Å². The minimum absolute atomic E-state index is 0.0321. The lowest BCUT2D eigenvalue weighted by molar-refractivity contribution is -0.000181. The highest BCUT2D eigenvalue weighted by Gasteiger charge is 2.37. The highest BCUT2D eigenvalue weighted by Crippen LogP contribution is 2.40. The molecule has 5 heteroatoms. The van der Waals surface area contributed by atoms with Crippen LogP contribution >= 0.6 is 0 Å². The molecule has 0 unspecified atom stereocenters. The van der Waals surface area contributed by atoms with Gasteiger partial charge in [0, 0.05) is 31.2 Å². The predicted molar refractivity (Wildman–Crippen MR) is 85.8 cm³/mol. The fourth-order valence-electron chi connectivity index (χ4n) is 3.01. The van der Waals surface area contributed by atoms with Crippen molar-refractivity contribution in [2.75, 3.05) is 19.8 Å². The molecule has 1 aromatic heterocycles. The summed E-state index contributed by atoms with van der Waals surface area (Å²) in [5.74, 6) is -0.0321. The number of aromatic nitrogens is 2. The van der Waals surface area contributed by atoms with Gasteiger partial charge < -0.3 is 14.6 Å². The number of hydrogen-bond donors (Lipinski definition) is 1. The number of amides is 1. The van der Waals surface area contributed by atoms with Crippen LogP contribution < -0.4 is 5.32 Å². The minimum atomic E-state index is -0.0321. The number of ether oxygens (including phenoxy) is 1. The Kier molecular flexibility index (Phi) is 4.16. The molecule has 0 aliphatic heterocycles. The highest BCUT2D eigenvalue weighted by molar-refractivity contribution is 5.97. The zero-order valence-corrected chi connectivity index (χ0v) is 13.3. The van der Waals surface area contributed by atoms with Gasteiger partial charge in [-0.2, -0.15) is 0 Å². The summed E-state index contributed by atoms with van der Waals surface area (Å²) < 4.78 is 7.52. The van der Waals surface area contributed by atoms with Crippen LogP contribution in [0.5, 0.6) is 0 Å². The molecular formula is C17H23N3O2. The molecule has 1 saturated carbocycles. The molecule has 22 heavy (non-hydrogen) atoms. The summed E-state index contributed by atoms with van der Waals surface area (Å²) in [4.78, 5) is 16.7. The first-order valence-electron chi connectivity index (χ1n) is 7.91. The van der Waals surface area contributed by atoms with E-state index in [1.165, 1.54) is 6.42 Å². The first kappa shape index (κ1) is 15.0. The largest absolute Gasteiger partial charge is 0.381 e. The van der Waals surface area contributed by atoms with E-state index in [1.54, 1.807) is 6.33 Å². The van der Waals surface area contributed by atoms with Gasteiger partial charge in [-0.05, 0) is 38.0 Å². The first-order valence-corrected chi connectivity index (χ1v) is 7.91. The average Bonchev–Trinajstić information content (AvgIpc) is 2.86. The van der Waals surface area contributed by atoms with Gasteiger partial charge in [-0.15, -0.1) is 0 Å². The van der Waals surface area contributed by atoms with Crippen LogP contribution in [0.25, 0.3) is 11.0 Å². The molecule has 1 amide bonds. The summed E-state index contributed by atoms with van der Waals surface area (Å²) in [6.07, 6.45) is 5.25. The van der Waals surface area contributed by atoms with Crippen molar-refractivity contribution < 1.29 is 9.53 Å². The summed E-state index contributed by atoms with van der Waals surface area (Å²) in [5.41, 5.74) is 2.68. The van der Waals surface area contributed by atoms with Crippen LogP contribution in [0.4, 0.5) is 0 Å². The molecule has 1 aliphatic carbocycles. The SMILES string of the molecule is CCOCC1(CNC(=O)c2ccc3c(c2)ncn3C)CCC1. The highest BCUT2D eigenvalue weighted by atomic mass is 16.5. The Morgan fingerprint density at radius 1 is 1.45 bits per heavy atom. The standard InChI is InChI=1S/C17H23N3O2/c1-3-22-11-17(7-4-8-17)10-18-16(21)13-5-6-15-14(9-13)19-12-20(15)2/h5-6,9,12H,3-4,7-8,10-11H2,1-2H3,(H,18,21). The van der Waals surface area contributed by atoms with Gasteiger partial charge in [-0.1, -0.05) is 6.42 Å². The Morgan fingerprint density at radius 2 is 2.27 bits per heavy atom. The Morgan fingerprint density at radius 3 is 2.95 bits per heavy atom. The van der Waals surface area contributed by atoms with Gasteiger partial charge in [0.25, 0.3) is 5.91 Å². The van der Waals surface area contributed by atoms with E-state index in [9.17, 15) is 4.79 Å². The van der Waals surface area contributed by atoms with Crippen LogP contribution in [-0.4, -0.2) is 35.2 Å². The van der Waals surface area contributed by atoms with Gasteiger partial charge in [0.15, 0.2) is 0 Å². The number of carbonyl (C=O) groups excluding carboxylic acids is 1. The van der Waals surface area contributed by atoms with Gasteiger partial charge in [-0.3, -0.25) is 4.79 Å². The van der Waals surface area contributed by atoms with E-state index < -0.39 is 0 Å². The molecule has 0 atom stereocenters. The topological polar surface area (TPSA) is 56.1 Å². The van der Waals surface area contributed by atoms with E-state index in [1.807, 2.05) is 36.7 Å². The van der Waals surface area contributed by atoms with Gasteiger partial charge in [0.2, 0.25) is 0 Å². The van der Waals surface area contributed by atoms with Crippen LogP contribution in [0, 0.1) is 5.41 Å². The van der Waals surface area contributed by atoms with E-state index in [2.05, 4.69) is 10.3 Å². The maximum Gasteiger partial charge on any atom is 0.251 e. The average molecular weight is 301 g/mol. The normalized spacial score (nSPS) is 16.5. The fourth-order valence-corrected chi connectivity index (χ4v) is 3.01. The van der Waals surface area contributed by atoms with Crippen LogP contribution in [0.1, 0.15) is 36.5 Å². The Balaban J connectivity index is 1.65. The fraction of sp³-hybridized carbons (Fsp3) is 0.529. The smallest absolute Gasteiger partial charge is 0.251 e. The number of rotatable bonds is 6. The number of nitrogens with zero attached hydrogens (tertiary/aromatic N) is 2. The molecular weight excluding hydrogens is 278 g/mol. The summed E-state index contributed by atoms with van der Waals surface area (Å²) in [6.45, 7) is 4.16. The second kappa shape index (κ2) is 6.08. The molecule has 1 fully saturated rings. The van der Waals surface area contributed by atoms with Crippen molar-refractivity contribution in [2.45, 2.75) is 26.2 Å². The van der Waals surface area contributed by atoms with E-state index in [0.717, 1.165) is 37.1 Å². The third-order valence-electron chi connectivity index (χ3n) is 4.64. The van der Waals surface area contributed by atoms with Crippen molar-refractivity contribution in [3.8, 4) is 0 Å². The number of benzene rings is 1. The van der Waals surface area contributed by atoms with Gasteiger partial charge in [0.05, 0.1) is 24.0 Å². The Hall–Kier alpha value is -1.88. The van der Waals surface area contributed by atoms with Crippen molar-refractivity contribution in [3.63, 3.8) is 0 Å². The van der Waals surface area contributed by atoms with Gasteiger partial charge in [0.1, 0.15) is 0 Å². The molecule has 1 heterocycles. The van der Waals surface area contributed by atoms with Crippen molar-refractivity contribution in [2.24, 2.45) is 12.5 Å². The summed E-state index contributed by atoms with van der Waals surface area (Å²) in [6, 6.07) is 5.65. The van der Waals surface area contributed by atoms with Crippen molar-refractivity contribution in [1.29, 1.82) is 0 Å². The van der Waals surface area contributed by atoms with Crippen molar-refractivity contribution in [1.82, 2.24) is 14.9 Å². The second-order valence-electron chi connectivity index (χ2n) is 6.23. The Labute approximate surface area is 130 Å². The van der Waals surface area contributed by atoms with Crippen molar-refractivity contribution in [3.05, 3.63) is 30.1 Å². The molecule has 0 spiro atoms. The van der Waals surface area contributed by atoms with Gasteiger partial charge >= 0.3 is 0 Å². The molecule has 118 valence electrons. The van der Waals surface area contributed by atoms with E-state index in [4.69, 9.17) is 4.74 Å². The third-order valence-corrected chi connectivity index (χ3v) is 4.64. The molecule has 0 saturated heterocycles. The van der Waals surface area contributed by atoms with E-state index >= 15 is 0 Å². The van der Waals surface area contributed by atoms with Crippen LogP contribution in [-0.2, 0) is 11.8 Å². The van der Waals surface area contributed by atoms with Crippen molar-refractivity contribution >= 4 is 16.9 Å². The molecule has 0 radical (unpaired) electrons. The lowest BCUT2D eigenvalue weighted by Gasteiger charge is -2.41. The maximum atomic E-state index is 12.4. The van der Waals surface area contributed by atoms with Crippen LogP contribution in [0.3, 0.4) is 0 Å². The number of nitrogens with one attached hydrogen (secondary N) is 1. The monoisotopic (exact) mass is 301 g/mol. The second-order valence-corrected chi connectivity index (χ2v) is 6.23. The van der Waals surface area contributed by atoms with Gasteiger partial charge in [-0.25, -0.2) is 4.98 Å². The zero-order chi connectivity index (χ0) is 15.6. The number of carbonyl (C=O) groups is 1. The number of hydrogen-bond acceptors (Lipinski definition) is 3. The van der Waals surface area contributed by atoms with E-state index in [-0.39, 0.29) is 11.3 Å². The third kappa shape index (κ3) is 2.86. The molecule has 2 aromatic rings. The predicted octanol–water partition coefficient (Wildman–Crippen LogP) is 2.51. The van der Waals surface area contributed by atoms with E-state index in [0.29, 0.717) is 12.1 Å². The molecule has 3 rings (SSSR count). The molecule has 1 aromatic carbocycles. The number of aryl methyl sites for hydroxylation is 1. The lowest BCUT2D eigenvalue weighted by atomic mass is 9.69. The number of imidazole rings is 1. The maximum absolute atomic E-state index is 12.4. The first-order chi connectivity index (χ1) is 10.6. The zero-order valence-electron chi connectivity index (χ0n) is 13.3. The summed E-state index contributed by atoms with van der Waals surface area (Å²) in [7, 11) is 1.95. The number of fused-ring (bicyclic) bond motifs is 1. The molecule has 1 N–H and O–H groups in total. The summed E-state index contributed by atoms with van der Waals surface area (Å²) in [5, 5.41) is 3.07.